The zero-order valence-electron chi connectivity index (χ0n) is 6.12. The van der Waals surface area contributed by atoms with E-state index in [1.165, 1.54) is 0 Å². The molecule has 0 bridgehead atoms. The van der Waals surface area contributed by atoms with Crippen molar-refractivity contribution in [3.05, 3.63) is 0 Å². The molecule has 0 aromatic carbocycles. The van der Waals surface area contributed by atoms with Crippen LogP contribution in [0.4, 0.5) is 0 Å². The number of carboxylic acids is 1. The molecule has 5 heteroatoms. The number of unbranched alkanes of at least 4 members (excludes halogenated alkanes) is 1. The van der Waals surface area contributed by atoms with Crippen LogP contribution in [-0.2, 0) is 4.79 Å². The molecule has 1 atom stereocenters. The average molecular weight is 202 g/mol. The number of rotatable bonds is 5. The first-order valence-electron chi connectivity index (χ1n) is 3.25. The van der Waals surface area contributed by atoms with Crippen LogP contribution >= 0.6 is 24.0 Å². The molecule has 0 spiro atoms. The lowest BCUT2D eigenvalue weighted by Gasteiger charge is -2.01. The highest BCUT2D eigenvalue weighted by Crippen LogP contribution is 2.06. The van der Waals surface area contributed by atoms with Crippen molar-refractivity contribution in [1.29, 1.82) is 0 Å². The van der Waals surface area contributed by atoms with Crippen molar-refractivity contribution < 1.29 is 9.90 Å². The Morgan fingerprint density at radius 2 is 2.09 bits per heavy atom. The highest BCUT2D eigenvalue weighted by Gasteiger charge is 2.11. The van der Waals surface area contributed by atoms with Crippen LogP contribution in [0.25, 0.3) is 0 Å². The van der Waals surface area contributed by atoms with Gasteiger partial charge in [-0.25, -0.2) is 0 Å². The predicted octanol–water partition coefficient (Wildman–Crippen LogP) is 1.23. The van der Waals surface area contributed by atoms with E-state index in [1.54, 1.807) is 0 Å². The third-order valence-corrected chi connectivity index (χ3v) is 1.58. The van der Waals surface area contributed by atoms with Gasteiger partial charge >= 0.3 is 5.97 Å². The fourth-order valence-corrected chi connectivity index (χ4v) is 0.746. The Hall–Kier alpha value is 0.01000. The van der Waals surface area contributed by atoms with Gasteiger partial charge < -0.3 is 10.8 Å². The number of hydrogen-bond donors (Lipinski definition) is 2. The van der Waals surface area contributed by atoms with Crippen molar-refractivity contribution in [2.24, 2.45) is 5.73 Å². The van der Waals surface area contributed by atoms with Gasteiger partial charge in [0.05, 0.1) is 0 Å². The molecular formula is C6H13Cl2NO2. The lowest BCUT2D eigenvalue weighted by atomic mass is 10.2. The summed E-state index contributed by atoms with van der Waals surface area (Å²) in [6, 6.07) is 0. The number of aliphatic carboxylic acids is 1. The first-order valence-corrected chi connectivity index (χ1v) is 3.69. The van der Waals surface area contributed by atoms with E-state index in [-0.39, 0.29) is 12.4 Å². The van der Waals surface area contributed by atoms with E-state index in [1.807, 2.05) is 0 Å². The molecule has 0 heterocycles. The summed E-state index contributed by atoms with van der Waals surface area (Å²) in [4.78, 5) is 10.1. The summed E-state index contributed by atoms with van der Waals surface area (Å²) in [5.74, 6) is -0.946. The Bertz CT molecular complexity index is 111. The second kappa shape index (κ2) is 8.11. The molecule has 0 saturated carbocycles. The number of nitrogens with two attached hydrogens (primary N) is 1. The quantitative estimate of drug-likeness (QED) is 0.520. The Labute approximate surface area is 77.3 Å². The van der Waals surface area contributed by atoms with E-state index in [4.69, 9.17) is 22.4 Å². The van der Waals surface area contributed by atoms with Crippen molar-refractivity contribution in [3.63, 3.8) is 0 Å². The largest absolute Gasteiger partial charge is 0.480 e. The Kier molecular flexibility index (Phi) is 10.0. The molecule has 0 rings (SSSR count). The molecule has 3 nitrogen and oxygen atoms in total. The van der Waals surface area contributed by atoms with Gasteiger partial charge in [-0.2, -0.15) is 0 Å². The third kappa shape index (κ3) is 7.91. The van der Waals surface area contributed by atoms with Crippen LogP contribution in [0.3, 0.4) is 0 Å². The molecule has 0 radical (unpaired) electrons. The van der Waals surface area contributed by atoms with Crippen molar-refractivity contribution in [2.45, 2.75) is 24.6 Å². The molecule has 0 aliphatic rings. The Morgan fingerprint density at radius 1 is 1.55 bits per heavy atom. The van der Waals surface area contributed by atoms with Gasteiger partial charge in [0.1, 0.15) is 5.38 Å². The molecule has 0 saturated heterocycles. The minimum Gasteiger partial charge on any atom is -0.480 e. The molecule has 0 fully saturated rings. The molecule has 0 aliphatic heterocycles. The molecule has 0 aromatic heterocycles. The second-order valence-electron chi connectivity index (χ2n) is 2.09. The van der Waals surface area contributed by atoms with Gasteiger partial charge in [0.25, 0.3) is 0 Å². The molecule has 0 aromatic rings. The smallest absolute Gasteiger partial charge is 0.321 e. The van der Waals surface area contributed by atoms with Crippen LogP contribution in [0.2, 0.25) is 0 Å². The second-order valence-corrected chi connectivity index (χ2v) is 2.62. The SMILES string of the molecule is Cl.NCCCCC(Cl)C(=O)O. The minimum atomic E-state index is -0.946. The molecule has 68 valence electrons. The number of carboxylic acid groups (broad SMARTS) is 1. The van der Waals surface area contributed by atoms with Gasteiger partial charge in [-0.3, -0.25) is 4.79 Å². The van der Waals surface area contributed by atoms with Crippen molar-refractivity contribution in [3.8, 4) is 0 Å². The molecule has 1 unspecified atom stereocenters. The van der Waals surface area contributed by atoms with Crippen LogP contribution in [0.1, 0.15) is 19.3 Å². The fourth-order valence-electron chi connectivity index (χ4n) is 0.591. The summed E-state index contributed by atoms with van der Waals surface area (Å²) in [6.45, 7) is 0.600. The van der Waals surface area contributed by atoms with Gasteiger partial charge in [-0.1, -0.05) is 6.42 Å². The van der Waals surface area contributed by atoms with E-state index in [0.29, 0.717) is 13.0 Å². The van der Waals surface area contributed by atoms with Crippen LogP contribution in [0, 0.1) is 0 Å². The number of hydrogen-bond acceptors (Lipinski definition) is 2. The first kappa shape index (κ1) is 13.6. The Balaban J connectivity index is 0. The molecule has 11 heavy (non-hydrogen) atoms. The number of alkyl halides is 1. The lowest BCUT2D eigenvalue weighted by Crippen LogP contribution is -2.13. The average Bonchev–Trinajstić information content (AvgIpc) is 1.88. The van der Waals surface area contributed by atoms with Crippen LogP contribution in [0.15, 0.2) is 0 Å². The summed E-state index contributed by atoms with van der Waals surface area (Å²) in [5, 5.41) is 7.57. The normalized spacial score (nSPS) is 11.8. The van der Waals surface area contributed by atoms with Gasteiger partial charge in [0.2, 0.25) is 0 Å². The van der Waals surface area contributed by atoms with E-state index in [0.717, 1.165) is 12.8 Å². The van der Waals surface area contributed by atoms with Gasteiger partial charge in [0.15, 0.2) is 0 Å². The standard InChI is InChI=1S/C6H12ClNO2.ClH/c7-5(6(9)10)3-1-2-4-8;/h5H,1-4,8H2,(H,9,10);1H. The van der Waals surface area contributed by atoms with Crippen LogP contribution < -0.4 is 5.73 Å². The summed E-state index contributed by atoms with van der Waals surface area (Å²) in [6.07, 6.45) is 2.14. The van der Waals surface area contributed by atoms with Crippen molar-refractivity contribution >= 4 is 30.0 Å². The van der Waals surface area contributed by atoms with Crippen molar-refractivity contribution in [2.75, 3.05) is 6.54 Å². The molecule has 0 amide bonds. The topological polar surface area (TPSA) is 63.3 Å². The monoisotopic (exact) mass is 201 g/mol. The summed E-state index contributed by atoms with van der Waals surface area (Å²) < 4.78 is 0. The third-order valence-electron chi connectivity index (χ3n) is 1.18. The van der Waals surface area contributed by atoms with E-state index < -0.39 is 11.3 Å². The minimum absolute atomic E-state index is 0. The Morgan fingerprint density at radius 3 is 2.45 bits per heavy atom. The van der Waals surface area contributed by atoms with Gasteiger partial charge in [0, 0.05) is 0 Å². The van der Waals surface area contributed by atoms with Crippen LogP contribution in [0.5, 0.6) is 0 Å². The van der Waals surface area contributed by atoms with E-state index in [2.05, 4.69) is 0 Å². The zero-order chi connectivity index (χ0) is 7.98. The number of carbonyl (C=O) groups is 1. The fraction of sp³-hybridized carbons (Fsp3) is 0.833. The highest BCUT2D eigenvalue weighted by molar-refractivity contribution is 6.29. The van der Waals surface area contributed by atoms with Gasteiger partial charge in [-0.05, 0) is 19.4 Å². The zero-order valence-corrected chi connectivity index (χ0v) is 7.70. The number of halogens is 2. The maximum absolute atomic E-state index is 10.1. The molecular weight excluding hydrogens is 189 g/mol. The molecule has 0 aliphatic carbocycles. The summed E-state index contributed by atoms with van der Waals surface area (Å²) in [7, 11) is 0. The first-order chi connectivity index (χ1) is 4.68. The van der Waals surface area contributed by atoms with Crippen molar-refractivity contribution in [1.82, 2.24) is 0 Å². The van der Waals surface area contributed by atoms with E-state index >= 15 is 0 Å². The lowest BCUT2D eigenvalue weighted by molar-refractivity contribution is -0.136. The maximum atomic E-state index is 10.1. The summed E-state index contributed by atoms with van der Waals surface area (Å²) >= 11 is 5.41. The highest BCUT2D eigenvalue weighted by atomic mass is 35.5. The van der Waals surface area contributed by atoms with E-state index in [9.17, 15) is 4.79 Å². The maximum Gasteiger partial charge on any atom is 0.321 e. The van der Waals surface area contributed by atoms with Crippen LogP contribution in [-0.4, -0.2) is 23.0 Å². The summed E-state index contributed by atoms with van der Waals surface area (Å²) in [5.41, 5.74) is 5.20. The van der Waals surface area contributed by atoms with Gasteiger partial charge in [-0.15, -0.1) is 24.0 Å². The molecule has 3 N–H and O–H groups in total. The predicted molar refractivity (Wildman–Crippen MR) is 47.4 cm³/mol.